The van der Waals surface area contributed by atoms with Crippen molar-refractivity contribution in [2.24, 2.45) is 11.1 Å². The van der Waals surface area contributed by atoms with Crippen molar-refractivity contribution in [2.45, 2.75) is 43.5 Å². The average Bonchev–Trinajstić information content (AvgIpc) is 2.47. The van der Waals surface area contributed by atoms with Gasteiger partial charge in [-0.2, -0.15) is 0 Å². The van der Waals surface area contributed by atoms with Gasteiger partial charge in [0.05, 0.1) is 11.4 Å². The summed E-state index contributed by atoms with van der Waals surface area (Å²) in [5.41, 5.74) is 0.680. The van der Waals surface area contributed by atoms with Crippen LogP contribution in [0.1, 0.15) is 32.6 Å². The molecule has 1 amide bonds. The van der Waals surface area contributed by atoms with Gasteiger partial charge in [-0.25, -0.2) is 13.6 Å². The zero-order valence-electron chi connectivity index (χ0n) is 12.7. The second-order valence-corrected chi connectivity index (χ2v) is 7.51. The van der Waals surface area contributed by atoms with E-state index in [-0.39, 0.29) is 23.4 Å². The summed E-state index contributed by atoms with van der Waals surface area (Å²) in [7, 11) is -3.68. The molecular weight excluding hydrogens is 302 g/mol. The lowest BCUT2D eigenvalue weighted by atomic mass is 9.87. The lowest BCUT2D eigenvalue weighted by Crippen LogP contribution is -2.40. The van der Waals surface area contributed by atoms with Gasteiger partial charge in [-0.15, -0.1) is 0 Å². The fraction of sp³-hybridized carbons (Fsp3) is 0.533. The van der Waals surface area contributed by atoms with E-state index in [1.807, 2.05) is 0 Å². The molecule has 1 aliphatic carbocycles. The lowest BCUT2D eigenvalue weighted by molar-refractivity contribution is -0.120. The molecule has 1 fully saturated rings. The van der Waals surface area contributed by atoms with E-state index in [1.165, 1.54) is 12.1 Å². The van der Waals surface area contributed by atoms with Gasteiger partial charge in [0, 0.05) is 11.7 Å². The third-order valence-electron chi connectivity index (χ3n) is 4.02. The van der Waals surface area contributed by atoms with Crippen LogP contribution in [0.5, 0.6) is 0 Å². The monoisotopic (exact) mass is 325 g/mol. The van der Waals surface area contributed by atoms with Gasteiger partial charge in [-0.3, -0.25) is 4.79 Å². The van der Waals surface area contributed by atoms with Crippen molar-refractivity contribution < 1.29 is 13.2 Å². The molecule has 1 saturated carbocycles. The van der Waals surface area contributed by atoms with Crippen molar-refractivity contribution in [3.05, 3.63) is 24.3 Å². The maximum absolute atomic E-state index is 11.9. The van der Waals surface area contributed by atoms with Crippen molar-refractivity contribution in [1.82, 2.24) is 5.32 Å². The quantitative estimate of drug-likeness (QED) is 0.762. The number of carbonyl (C=O) groups excluding carboxylic acids is 1. The molecule has 1 aromatic carbocycles. The Bertz CT molecular complexity index is 605. The molecule has 2 rings (SSSR count). The first-order valence-electron chi connectivity index (χ1n) is 7.50. The van der Waals surface area contributed by atoms with E-state index in [4.69, 9.17) is 5.14 Å². The van der Waals surface area contributed by atoms with Gasteiger partial charge < -0.3 is 10.6 Å². The molecule has 0 bridgehead atoms. The minimum absolute atomic E-state index is 0.0462. The molecule has 7 heteroatoms. The van der Waals surface area contributed by atoms with Crippen LogP contribution in [-0.4, -0.2) is 26.9 Å². The summed E-state index contributed by atoms with van der Waals surface area (Å²) >= 11 is 0. The number of hydrogen-bond donors (Lipinski definition) is 3. The number of benzene rings is 1. The molecule has 22 heavy (non-hydrogen) atoms. The zero-order valence-corrected chi connectivity index (χ0v) is 13.5. The molecular formula is C15H23N3O3S. The minimum Gasteiger partial charge on any atom is -0.376 e. The molecule has 0 unspecified atom stereocenters. The Hall–Kier alpha value is -1.60. The summed E-state index contributed by atoms with van der Waals surface area (Å²) in [6.45, 7) is 2.41. The Kier molecular flexibility index (Phi) is 5.42. The Morgan fingerprint density at radius 3 is 2.32 bits per heavy atom. The maximum Gasteiger partial charge on any atom is 0.239 e. The largest absolute Gasteiger partial charge is 0.376 e. The molecule has 122 valence electrons. The third-order valence-corrected chi connectivity index (χ3v) is 4.95. The Labute approximate surface area is 131 Å². The number of sulfonamides is 1. The number of nitrogens with one attached hydrogen (secondary N) is 2. The number of amides is 1. The topological polar surface area (TPSA) is 101 Å². The summed E-state index contributed by atoms with van der Waals surface area (Å²) < 4.78 is 22.3. The second kappa shape index (κ2) is 7.11. The van der Waals surface area contributed by atoms with Gasteiger partial charge in [0.2, 0.25) is 15.9 Å². The number of anilines is 1. The number of rotatable bonds is 5. The van der Waals surface area contributed by atoms with Crippen LogP contribution in [0.15, 0.2) is 29.2 Å². The summed E-state index contributed by atoms with van der Waals surface area (Å²) in [4.78, 5) is 12.0. The van der Waals surface area contributed by atoms with E-state index in [0.717, 1.165) is 31.6 Å². The van der Waals surface area contributed by atoms with E-state index in [2.05, 4.69) is 17.6 Å². The smallest absolute Gasteiger partial charge is 0.239 e. The number of carbonyl (C=O) groups is 1. The molecule has 0 radical (unpaired) electrons. The fourth-order valence-electron chi connectivity index (χ4n) is 2.63. The molecule has 1 aliphatic rings. The van der Waals surface area contributed by atoms with Crippen LogP contribution in [0.4, 0.5) is 5.69 Å². The minimum atomic E-state index is -3.68. The first-order valence-corrected chi connectivity index (χ1v) is 9.05. The van der Waals surface area contributed by atoms with E-state index in [9.17, 15) is 13.2 Å². The highest BCUT2D eigenvalue weighted by Crippen LogP contribution is 2.23. The predicted octanol–water partition coefficient (Wildman–Crippen LogP) is 1.44. The average molecular weight is 325 g/mol. The van der Waals surface area contributed by atoms with Crippen LogP contribution in [-0.2, 0) is 14.8 Å². The highest BCUT2D eigenvalue weighted by atomic mass is 32.2. The maximum atomic E-state index is 11.9. The highest BCUT2D eigenvalue weighted by Gasteiger charge is 2.19. The van der Waals surface area contributed by atoms with Crippen LogP contribution in [0.25, 0.3) is 0 Å². The zero-order chi connectivity index (χ0) is 16.2. The van der Waals surface area contributed by atoms with Gasteiger partial charge >= 0.3 is 0 Å². The number of nitrogens with two attached hydrogens (primary N) is 1. The van der Waals surface area contributed by atoms with Crippen molar-refractivity contribution in [3.63, 3.8) is 0 Å². The van der Waals surface area contributed by atoms with Crippen LogP contribution in [0.3, 0.4) is 0 Å². The van der Waals surface area contributed by atoms with E-state index >= 15 is 0 Å². The molecule has 0 aliphatic heterocycles. The standard InChI is InChI=1S/C15H23N3O3S/c1-11-2-4-13(5-3-11)18-15(19)10-17-12-6-8-14(9-7-12)22(16,20)21/h6-9,11,13,17H,2-5,10H2,1H3,(H,18,19)(H2,16,20,21). The summed E-state index contributed by atoms with van der Waals surface area (Å²) in [5.74, 6) is 0.707. The van der Waals surface area contributed by atoms with E-state index in [0.29, 0.717) is 5.69 Å². The molecule has 6 nitrogen and oxygen atoms in total. The first kappa shape index (κ1) is 16.8. The van der Waals surface area contributed by atoms with Gasteiger partial charge in [-0.05, 0) is 55.9 Å². The van der Waals surface area contributed by atoms with Crippen molar-refractivity contribution in [3.8, 4) is 0 Å². The Morgan fingerprint density at radius 2 is 1.77 bits per heavy atom. The van der Waals surface area contributed by atoms with Gasteiger partial charge in [-0.1, -0.05) is 6.92 Å². The van der Waals surface area contributed by atoms with Crippen LogP contribution in [0, 0.1) is 5.92 Å². The molecule has 0 atom stereocenters. The summed E-state index contributed by atoms with van der Waals surface area (Å²) in [5, 5.41) is 11.0. The third kappa shape index (κ3) is 4.99. The van der Waals surface area contributed by atoms with Crippen molar-refractivity contribution >= 4 is 21.6 Å². The summed E-state index contributed by atoms with van der Waals surface area (Å²) in [6, 6.07) is 6.29. The van der Waals surface area contributed by atoms with Crippen LogP contribution >= 0.6 is 0 Å². The fourth-order valence-corrected chi connectivity index (χ4v) is 3.14. The molecule has 1 aromatic rings. The van der Waals surface area contributed by atoms with Gasteiger partial charge in [0.1, 0.15) is 0 Å². The van der Waals surface area contributed by atoms with Crippen molar-refractivity contribution in [2.75, 3.05) is 11.9 Å². The van der Waals surface area contributed by atoms with Gasteiger partial charge in [0.15, 0.2) is 0 Å². The predicted molar refractivity (Wildman–Crippen MR) is 85.9 cm³/mol. The number of hydrogen-bond acceptors (Lipinski definition) is 4. The SMILES string of the molecule is CC1CCC(NC(=O)CNc2ccc(S(N)(=O)=O)cc2)CC1. The lowest BCUT2D eigenvalue weighted by Gasteiger charge is -2.27. The normalized spacial score (nSPS) is 22.1. The number of primary sulfonamides is 1. The van der Waals surface area contributed by atoms with Crippen LogP contribution < -0.4 is 15.8 Å². The Balaban J connectivity index is 1.79. The van der Waals surface area contributed by atoms with Gasteiger partial charge in [0.25, 0.3) is 0 Å². The van der Waals surface area contributed by atoms with Crippen LogP contribution in [0.2, 0.25) is 0 Å². The molecule has 0 heterocycles. The first-order chi connectivity index (χ1) is 10.3. The summed E-state index contributed by atoms with van der Waals surface area (Å²) in [6.07, 6.45) is 4.40. The van der Waals surface area contributed by atoms with Crippen molar-refractivity contribution in [1.29, 1.82) is 0 Å². The van der Waals surface area contributed by atoms with E-state index in [1.54, 1.807) is 12.1 Å². The molecule has 0 aromatic heterocycles. The molecule has 0 saturated heterocycles. The second-order valence-electron chi connectivity index (χ2n) is 5.95. The van der Waals surface area contributed by atoms with E-state index < -0.39 is 10.0 Å². The highest BCUT2D eigenvalue weighted by molar-refractivity contribution is 7.89. The Morgan fingerprint density at radius 1 is 1.18 bits per heavy atom. The molecule has 0 spiro atoms. The molecule has 4 N–H and O–H groups in total.